The van der Waals surface area contributed by atoms with E-state index >= 15 is 0 Å². The third-order valence-electron chi connectivity index (χ3n) is 1.82. The molecule has 0 aliphatic carbocycles. The summed E-state index contributed by atoms with van der Waals surface area (Å²) in [5.41, 5.74) is 0. The topological polar surface area (TPSA) is 76.0 Å². The summed E-state index contributed by atoms with van der Waals surface area (Å²) in [6, 6.07) is 0. The van der Waals surface area contributed by atoms with Crippen molar-refractivity contribution in [3.8, 4) is 0 Å². The van der Waals surface area contributed by atoms with Crippen LogP contribution in [0.3, 0.4) is 0 Å². The SMILES string of the molecule is CCC(=O)OC[C@H]1O[CH][C@H](O)[C@@H]1O. The van der Waals surface area contributed by atoms with Gasteiger partial charge in [0.05, 0.1) is 0 Å². The lowest BCUT2D eigenvalue weighted by Gasteiger charge is -2.14. The maximum Gasteiger partial charge on any atom is 0.305 e. The number of rotatable bonds is 3. The zero-order chi connectivity index (χ0) is 9.84. The minimum Gasteiger partial charge on any atom is -0.463 e. The van der Waals surface area contributed by atoms with Gasteiger partial charge in [0, 0.05) is 6.42 Å². The zero-order valence-electron chi connectivity index (χ0n) is 7.34. The first-order valence-electron chi connectivity index (χ1n) is 4.15. The highest BCUT2D eigenvalue weighted by Gasteiger charge is 2.35. The van der Waals surface area contributed by atoms with Crippen molar-refractivity contribution in [2.24, 2.45) is 0 Å². The predicted octanol–water partition coefficient (Wildman–Crippen LogP) is -0.778. The summed E-state index contributed by atoms with van der Waals surface area (Å²) in [5, 5.41) is 18.3. The van der Waals surface area contributed by atoms with E-state index in [2.05, 4.69) is 0 Å². The molecule has 5 nitrogen and oxygen atoms in total. The van der Waals surface area contributed by atoms with Crippen LogP contribution in [0.25, 0.3) is 0 Å². The fraction of sp³-hybridized carbons (Fsp3) is 0.750. The molecule has 0 amide bonds. The third kappa shape index (κ3) is 2.65. The average Bonchev–Trinajstić information content (AvgIpc) is 2.44. The smallest absolute Gasteiger partial charge is 0.305 e. The number of hydrogen-bond donors (Lipinski definition) is 2. The molecule has 3 atom stereocenters. The molecule has 1 saturated heterocycles. The summed E-state index contributed by atoms with van der Waals surface area (Å²) >= 11 is 0. The van der Waals surface area contributed by atoms with Gasteiger partial charge in [-0.15, -0.1) is 0 Å². The van der Waals surface area contributed by atoms with Gasteiger partial charge in [0.1, 0.15) is 31.5 Å². The van der Waals surface area contributed by atoms with E-state index in [4.69, 9.17) is 14.6 Å². The van der Waals surface area contributed by atoms with Crippen LogP contribution in [-0.2, 0) is 14.3 Å². The molecule has 0 unspecified atom stereocenters. The van der Waals surface area contributed by atoms with Gasteiger partial charge in [0.2, 0.25) is 0 Å². The Morgan fingerprint density at radius 1 is 1.62 bits per heavy atom. The Kier molecular flexibility index (Phi) is 3.65. The van der Waals surface area contributed by atoms with E-state index in [-0.39, 0.29) is 19.0 Å². The fourth-order valence-corrected chi connectivity index (χ4v) is 0.977. The Morgan fingerprint density at radius 3 is 2.77 bits per heavy atom. The largest absolute Gasteiger partial charge is 0.463 e. The Hall–Kier alpha value is -0.650. The van der Waals surface area contributed by atoms with Gasteiger partial charge in [-0.3, -0.25) is 4.79 Å². The summed E-state index contributed by atoms with van der Waals surface area (Å²) in [7, 11) is 0. The molecule has 1 fully saturated rings. The molecule has 0 saturated carbocycles. The Labute approximate surface area is 76.3 Å². The van der Waals surface area contributed by atoms with Crippen molar-refractivity contribution in [2.75, 3.05) is 6.61 Å². The van der Waals surface area contributed by atoms with Crippen molar-refractivity contribution in [3.63, 3.8) is 0 Å². The van der Waals surface area contributed by atoms with Crippen LogP contribution in [0.5, 0.6) is 0 Å². The van der Waals surface area contributed by atoms with Crippen molar-refractivity contribution in [3.05, 3.63) is 6.61 Å². The molecule has 1 aliphatic heterocycles. The molecule has 0 bridgehead atoms. The lowest BCUT2D eigenvalue weighted by atomic mass is 10.2. The zero-order valence-corrected chi connectivity index (χ0v) is 7.34. The Bertz CT molecular complexity index is 181. The highest BCUT2D eigenvalue weighted by molar-refractivity contribution is 5.68. The first kappa shape index (κ1) is 10.4. The lowest BCUT2D eigenvalue weighted by molar-refractivity contribution is -0.147. The van der Waals surface area contributed by atoms with Crippen LogP contribution < -0.4 is 0 Å². The van der Waals surface area contributed by atoms with Crippen LogP contribution in [0.1, 0.15) is 13.3 Å². The maximum atomic E-state index is 10.7. The first-order chi connectivity index (χ1) is 6.15. The molecule has 0 aromatic carbocycles. The van der Waals surface area contributed by atoms with E-state index in [1.165, 1.54) is 0 Å². The second-order valence-electron chi connectivity index (χ2n) is 2.83. The van der Waals surface area contributed by atoms with Gasteiger partial charge < -0.3 is 19.7 Å². The normalized spacial score (nSPS) is 33.3. The Balaban J connectivity index is 2.26. The molecule has 2 N–H and O–H groups in total. The minimum absolute atomic E-state index is 0.0264. The van der Waals surface area contributed by atoms with Crippen molar-refractivity contribution >= 4 is 5.97 Å². The van der Waals surface area contributed by atoms with Gasteiger partial charge in [-0.2, -0.15) is 0 Å². The molecule has 0 aromatic heterocycles. The minimum atomic E-state index is -1.01. The lowest BCUT2D eigenvalue weighted by Crippen LogP contribution is -2.33. The number of esters is 1. The van der Waals surface area contributed by atoms with E-state index in [1.807, 2.05) is 0 Å². The van der Waals surface area contributed by atoms with Gasteiger partial charge >= 0.3 is 5.97 Å². The molecule has 1 aliphatic rings. The number of carbonyl (C=O) groups excluding carboxylic acids is 1. The van der Waals surface area contributed by atoms with E-state index in [1.54, 1.807) is 6.92 Å². The molecule has 1 radical (unpaired) electrons. The van der Waals surface area contributed by atoms with Crippen LogP contribution in [0, 0.1) is 6.61 Å². The number of aliphatic hydroxyl groups is 2. The van der Waals surface area contributed by atoms with Crippen molar-refractivity contribution < 1.29 is 24.5 Å². The summed E-state index contributed by atoms with van der Waals surface area (Å²) < 4.78 is 9.61. The van der Waals surface area contributed by atoms with E-state index < -0.39 is 18.3 Å². The molecule has 5 heteroatoms. The van der Waals surface area contributed by atoms with Crippen LogP contribution in [0.2, 0.25) is 0 Å². The number of carbonyl (C=O) groups is 1. The highest BCUT2D eigenvalue weighted by Crippen LogP contribution is 2.17. The average molecular weight is 189 g/mol. The predicted molar refractivity (Wildman–Crippen MR) is 42.4 cm³/mol. The monoisotopic (exact) mass is 189 g/mol. The van der Waals surface area contributed by atoms with E-state index in [0.29, 0.717) is 0 Å². The second-order valence-corrected chi connectivity index (χ2v) is 2.83. The van der Waals surface area contributed by atoms with Gasteiger partial charge in [0.15, 0.2) is 0 Å². The Morgan fingerprint density at radius 2 is 2.31 bits per heavy atom. The second kappa shape index (κ2) is 4.55. The molecule has 0 spiro atoms. The summed E-state index contributed by atoms with van der Waals surface area (Å²) in [4.78, 5) is 10.7. The van der Waals surface area contributed by atoms with Crippen LogP contribution in [-0.4, -0.2) is 41.1 Å². The highest BCUT2D eigenvalue weighted by atomic mass is 16.6. The maximum absolute atomic E-state index is 10.7. The molecule has 0 aromatic rings. The molecule has 1 rings (SSSR count). The third-order valence-corrected chi connectivity index (χ3v) is 1.82. The van der Waals surface area contributed by atoms with Gasteiger partial charge in [-0.1, -0.05) is 6.92 Å². The molecular formula is C8H13O5. The van der Waals surface area contributed by atoms with Crippen LogP contribution in [0.15, 0.2) is 0 Å². The van der Waals surface area contributed by atoms with Crippen molar-refractivity contribution in [1.29, 1.82) is 0 Å². The number of ether oxygens (including phenoxy) is 2. The first-order valence-corrected chi connectivity index (χ1v) is 4.15. The van der Waals surface area contributed by atoms with E-state index in [0.717, 1.165) is 6.61 Å². The fourth-order valence-electron chi connectivity index (χ4n) is 0.977. The molecule has 75 valence electrons. The molecule has 1 heterocycles. The summed E-state index contributed by atoms with van der Waals surface area (Å²) in [6.45, 7) is 2.78. The molecule has 13 heavy (non-hydrogen) atoms. The number of aliphatic hydroxyl groups excluding tert-OH is 2. The van der Waals surface area contributed by atoms with Crippen molar-refractivity contribution in [2.45, 2.75) is 31.7 Å². The standard InChI is InChI=1S/C8H13O5/c1-2-7(10)13-4-6-8(11)5(9)3-12-6/h3,5-6,8-9,11H,2,4H2,1H3/t5-,6+,8-/m0/s1. The quantitative estimate of drug-likeness (QED) is 0.570. The summed E-state index contributed by atoms with van der Waals surface area (Å²) in [6.07, 6.45) is -2.37. The molecular weight excluding hydrogens is 176 g/mol. The number of hydrogen-bond acceptors (Lipinski definition) is 5. The van der Waals surface area contributed by atoms with Gasteiger partial charge in [-0.25, -0.2) is 0 Å². The van der Waals surface area contributed by atoms with Gasteiger partial charge in [-0.05, 0) is 0 Å². The van der Waals surface area contributed by atoms with Gasteiger partial charge in [0.25, 0.3) is 0 Å². The van der Waals surface area contributed by atoms with Crippen LogP contribution in [0.4, 0.5) is 0 Å². The van der Waals surface area contributed by atoms with Crippen molar-refractivity contribution in [1.82, 2.24) is 0 Å². The summed E-state index contributed by atoms with van der Waals surface area (Å²) in [5.74, 6) is -0.350. The van der Waals surface area contributed by atoms with E-state index in [9.17, 15) is 9.90 Å². The van der Waals surface area contributed by atoms with Crippen LogP contribution >= 0.6 is 0 Å².